The van der Waals surface area contributed by atoms with Gasteiger partial charge in [-0.05, 0) is 48.6 Å². The Morgan fingerprint density at radius 1 is 1.15 bits per heavy atom. The second kappa shape index (κ2) is 8.16. The van der Waals surface area contributed by atoms with Crippen molar-refractivity contribution in [3.8, 4) is 6.07 Å². The average Bonchev–Trinajstić information content (AvgIpc) is 2.65. The third kappa shape index (κ3) is 3.95. The van der Waals surface area contributed by atoms with Gasteiger partial charge in [0, 0.05) is 25.3 Å². The molecule has 0 unspecified atom stereocenters. The Balaban J connectivity index is 1.76. The van der Waals surface area contributed by atoms with Crippen LogP contribution in [0.2, 0.25) is 0 Å². The quantitative estimate of drug-likeness (QED) is 0.830. The molecule has 4 heteroatoms. The molecular weight excluding hydrogens is 322 g/mol. The van der Waals surface area contributed by atoms with Crippen molar-refractivity contribution in [2.24, 2.45) is 0 Å². The van der Waals surface area contributed by atoms with E-state index in [1.54, 1.807) is 4.90 Å². The number of nitrogens with zero attached hydrogens (tertiary/aromatic N) is 3. The minimum atomic E-state index is 0.0633. The molecule has 0 fully saturated rings. The molecule has 2 aromatic carbocycles. The maximum Gasteiger partial charge on any atom is 0.241 e. The van der Waals surface area contributed by atoms with E-state index >= 15 is 0 Å². The van der Waals surface area contributed by atoms with Gasteiger partial charge in [0.1, 0.15) is 0 Å². The maximum absolute atomic E-state index is 13.1. The van der Waals surface area contributed by atoms with Gasteiger partial charge in [0.05, 0.1) is 19.0 Å². The van der Waals surface area contributed by atoms with E-state index in [4.69, 9.17) is 5.26 Å². The van der Waals surface area contributed by atoms with Crippen molar-refractivity contribution >= 4 is 11.6 Å². The minimum Gasteiger partial charge on any atom is -0.310 e. The van der Waals surface area contributed by atoms with Crippen molar-refractivity contribution in [3.05, 3.63) is 64.7 Å². The predicted octanol–water partition coefficient (Wildman–Crippen LogP) is 3.61. The van der Waals surface area contributed by atoms with Gasteiger partial charge in [0.2, 0.25) is 5.91 Å². The number of fused-ring (bicyclic) bond motifs is 1. The summed E-state index contributed by atoms with van der Waals surface area (Å²) < 4.78 is 0. The van der Waals surface area contributed by atoms with Gasteiger partial charge >= 0.3 is 0 Å². The number of carbonyl (C=O) groups is 1. The topological polar surface area (TPSA) is 47.3 Å². The number of carbonyl (C=O) groups excluding carboxylic acids is 1. The van der Waals surface area contributed by atoms with Crippen LogP contribution >= 0.6 is 0 Å². The van der Waals surface area contributed by atoms with E-state index in [0.29, 0.717) is 19.5 Å². The van der Waals surface area contributed by atoms with E-state index in [1.165, 1.54) is 11.1 Å². The van der Waals surface area contributed by atoms with Crippen molar-refractivity contribution in [2.75, 3.05) is 24.5 Å². The highest BCUT2D eigenvalue weighted by atomic mass is 16.2. The molecule has 0 spiro atoms. The fourth-order valence-electron chi connectivity index (χ4n) is 3.54. The zero-order chi connectivity index (χ0) is 18.5. The number of hydrogen-bond acceptors (Lipinski definition) is 3. The molecule has 0 aromatic heterocycles. The van der Waals surface area contributed by atoms with Crippen molar-refractivity contribution in [2.45, 2.75) is 33.2 Å². The number of rotatable bonds is 5. The first kappa shape index (κ1) is 18.2. The predicted molar refractivity (Wildman–Crippen MR) is 104 cm³/mol. The van der Waals surface area contributed by atoms with Crippen molar-refractivity contribution in [1.82, 2.24) is 4.90 Å². The van der Waals surface area contributed by atoms with Crippen LogP contribution in [0.5, 0.6) is 0 Å². The lowest BCUT2D eigenvalue weighted by molar-refractivity contribution is -0.120. The molecule has 1 heterocycles. The van der Waals surface area contributed by atoms with Crippen LogP contribution < -0.4 is 4.90 Å². The standard InChI is InChI=1S/C22H25N3O/c1-17-7-5-10-21(18(17)2)25(13-6-12-23)22(26)16-24-14-11-19-8-3-4-9-20(19)15-24/h3-5,7-10H,6,11,13-16H2,1-2H3. The van der Waals surface area contributed by atoms with Gasteiger partial charge in [0.15, 0.2) is 0 Å². The van der Waals surface area contributed by atoms with Crippen molar-refractivity contribution < 1.29 is 4.79 Å². The Morgan fingerprint density at radius 2 is 1.92 bits per heavy atom. The molecule has 134 valence electrons. The zero-order valence-electron chi connectivity index (χ0n) is 15.5. The van der Waals surface area contributed by atoms with Crippen LogP contribution in [-0.4, -0.2) is 30.4 Å². The first-order valence-corrected chi connectivity index (χ1v) is 9.13. The largest absolute Gasteiger partial charge is 0.310 e. The van der Waals surface area contributed by atoms with Gasteiger partial charge in [-0.1, -0.05) is 36.4 Å². The Bertz CT molecular complexity index is 838. The Labute approximate surface area is 155 Å². The summed E-state index contributed by atoms with van der Waals surface area (Å²) in [7, 11) is 0. The molecule has 0 N–H and O–H groups in total. The molecule has 0 bridgehead atoms. The van der Waals surface area contributed by atoms with Crippen molar-refractivity contribution in [3.63, 3.8) is 0 Å². The first-order valence-electron chi connectivity index (χ1n) is 9.13. The number of aryl methyl sites for hydroxylation is 1. The van der Waals surface area contributed by atoms with Crippen LogP contribution in [0, 0.1) is 25.2 Å². The number of hydrogen-bond donors (Lipinski definition) is 0. The molecule has 0 radical (unpaired) electrons. The summed E-state index contributed by atoms with van der Waals surface area (Å²) in [4.78, 5) is 17.1. The van der Waals surface area contributed by atoms with Crippen LogP contribution in [0.25, 0.3) is 0 Å². The lowest BCUT2D eigenvalue weighted by Crippen LogP contribution is -2.43. The monoisotopic (exact) mass is 347 g/mol. The van der Waals surface area contributed by atoms with E-state index < -0.39 is 0 Å². The third-order valence-corrected chi connectivity index (χ3v) is 5.18. The third-order valence-electron chi connectivity index (χ3n) is 5.18. The normalized spacial score (nSPS) is 13.7. The Kier molecular flexibility index (Phi) is 5.70. The van der Waals surface area contributed by atoms with E-state index in [2.05, 4.69) is 35.2 Å². The fraction of sp³-hybridized carbons (Fsp3) is 0.364. The lowest BCUT2D eigenvalue weighted by atomic mass is 10.00. The average molecular weight is 347 g/mol. The second-order valence-electron chi connectivity index (χ2n) is 6.90. The molecule has 0 atom stereocenters. The molecule has 26 heavy (non-hydrogen) atoms. The lowest BCUT2D eigenvalue weighted by Gasteiger charge is -2.31. The summed E-state index contributed by atoms with van der Waals surface area (Å²) in [5.74, 6) is 0.0633. The van der Waals surface area contributed by atoms with Crippen LogP contribution in [0.15, 0.2) is 42.5 Å². The number of anilines is 1. The Morgan fingerprint density at radius 3 is 2.69 bits per heavy atom. The highest BCUT2D eigenvalue weighted by Crippen LogP contribution is 2.24. The summed E-state index contributed by atoms with van der Waals surface area (Å²) in [6, 6.07) is 16.6. The van der Waals surface area contributed by atoms with E-state index in [1.807, 2.05) is 32.0 Å². The molecule has 1 amide bonds. The van der Waals surface area contributed by atoms with E-state index in [0.717, 1.165) is 36.3 Å². The van der Waals surface area contributed by atoms with Gasteiger partial charge in [-0.15, -0.1) is 0 Å². The number of benzene rings is 2. The van der Waals surface area contributed by atoms with Gasteiger partial charge in [-0.2, -0.15) is 5.26 Å². The van der Waals surface area contributed by atoms with Crippen LogP contribution in [-0.2, 0) is 17.8 Å². The van der Waals surface area contributed by atoms with Crippen molar-refractivity contribution in [1.29, 1.82) is 5.26 Å². The Hall–Kier alpha value is -2.64. The highest BCUT2D eigenvalue weighted by Gasteiger charge is 2.23. The smallest absolute Gasteiger partial charge is 0.241 e. The molecule has 4 nitrogen and oxygen atoms in total. The summed E-state index contributed by atoms with van der Waals surface area (Å²) >= 11 is 0. The molecule has 0 aliphatic carbocycles. The van der Waals surface area contributed by atoms with Gasteiger partial charge in [-0.25, -0.2) is 0 Å². The molecule has 0 saturated carbocycles. The summed E-state index contributed by atoms with van der Waals surface area (Å²) in [5, 5.41) is 9.00. The summed E-state index contributed by atoms with van der Waals surface area (Å²) in [5.41, 5.74) is 5.86. The van der Waals surface area contributed by atoms with Crippen LogP contribution in [0.4, 0.5) is 5.69 Å². The molecule has 1 aliphatic heterocycles. The molecular formula is C22H25N3O. The molecule has 1 aliphatic rings. The second-order valence-corrected chi connectivity index (χ2v) is 6.90. The van der Waals surface area contributed by atoms with Gasteiger partial charge < -0.3 is 4.90 Å². The molecule has 3 rings (SSSR count). The molecule has 0 saturated heterocycles. The van der Waals surface area contributed by atoms with Gasteiger partial charge in [-0.3, -0.25) is 9.69 Å². The summed E-state index contributed by atoms with van der Waals surface area (Å²) in [6.07, 6.45) is 1.31. The fourth-order valence-corrected chi connectivity index (χ4v) is 3.54. The van der Waals surface area contributed by atoms with E-state index in [-0.39, 0.29) is 5.91 Å². The minimum absolute atomic E-state index is 0.0633. The summed E-state index contributed by atoms with van der Waals surface area (Å²) in [6.45, 7) is 6.60. The van der Waals surface area contributed by atoms with Gasteiger partial charge in [0.25, 0.3) is 0 Å². The zero-order valence-corrected chi connectivity index (χ0v) is 15.5. The van der Waals surface area contributed by atoms with E-state index in [9.17, 15) is 4.79 Å². The number of amides is 1. The maximum atomic E-state index is 13.1. The van der Waals surface area contributed by atoms with Crippen LogP contribution in [0.3, 0.4) is 0 Å². The molecule has 2 aromatic rings. The first-order chi connectivity index (χ1) is 12.6. The highest BCUT2D eigenvalue weighted by molar-refractivity contribution is 5.95. The van der Waals surface area contributed by atoms with Crippen LogP contribution in [0.1, 0.15) is 28.7 Å². The number of nitriles is 1. The SMILES string of the molecule is Cc1cccc(N(CCC#N)C(=O)CN2CCc3ccccc3C2)c1C.